The van der Waals surface area contributed by atoms with E-state index in [9.17, 15) is 18.0 Å². The standard InChI is InChI=1S/C13H22F3NO2/c1-2-10-3-4-12(19)11(7-10)8-17(5-6-18)9-13(14,15)16/h10-11,18H,2-9H2,1H3. The first-order chi connectivity index (χ1) is 8.85. The highest BCUT2D eigenvalue weighted by Gasteiger charge is 2.34. The van der Waals surface area contributed by atoms with Crippen molar-refractivity contribution in [3.8, 4) is 0 Å². The summed E-state index contributed by atoms with van der Waals surface area (Å²) < 4.78 is 37.2. The molecule has 0 saturated heterocycles. The third-order valence-electron chi connectivity index (χ3n) is 3.75. The van der Waals surface area contributed by atoms with Crippen molar-refractivity contribution in [1.29, 1.82) is 0 Å². The Morgan fingerprint density at radius 3 is 2.63 bits per heavy atom. The summed E-state index contributed by atoms with van der Waals surface area (Å²) in [6.45, 7) is 0.719. The van der Waals surface area contributed by atoms with Crippen LogP contribution in [0.2, 0.25) is 0 Å². The quantitative estimate of drug-likeness (QED) is 0.811. The second kappa shape index (κ2) is 7.24. The highest BCUT2D eigenvalue weighted by Crippen LogP contribution is 2.29. The van der Waals surface area contributed by atoms with E-state index >= 15 is 0 Å². The SMILES string of the molecule is CCC1CCC(=O)C(CN(CCO)CC(F)(F)F)C1. The average molecular weight is 281 g/mol. The number of nitrogens with zero attached hydrogens (tertiary/aromatic N) is 1. The number of alkyl halides is 3. The Kier molecular flexibility index (Phi) is 6.26. The summed E-state index contributed by atoms with van der Waals surface area (Å²) in [5.41, 5.74) is 0. The van der Waals surface area contributed by atoms with E-state index in [-0.39, 0.29) is 31.4 Å². The molecule has 1 saturated carbocycles. The third-order valence-corrected chi connectivity index (χ3v) is 3.75. The van der Waals surface area contributed by atoms with Crippen LogP contribution >= 0.6 is 0 Å². The van der Waals surface area contributed by atoms with Crippen molar-refractivity contribution in [3.63, 3.8) is 0 Å². The topological polar surface area (TPSA) is 40.5 Å². The van der Waals surface area contributed by atoms with Gasteiger partial charge in [-0.15, -0.1) is 0 Å². The molecule has 0 bridgehead atoms. The van der Waals surface area contributed by atoms with E-state index in [0.717, 1.165) is 17.7 Å². The molecule has 0 radical (unpaired) electrons. The van der Waals surface area contributed by atoms with Gasteiger partial charge in [-0.3, -0.25) is 9.69 Å². The maximum Gasteiger partial charge on any atom is 0.401 e. The van der Waals surface area contributed by atoms with Crippen LogP contribution in [0.4, 0.5) is 13.2 Å². The van der Waals surface area contributed by atoms with E-state index < -0.39 is 12.7 Å². The van der Waals surface area contributed by atoms with E-state index in [1.807, 2.05) is 6.92 Å². The second-order valence-electron chi connectivity index (χ2n) is 5.29. The van der Waals surface area contributed by atoms with Crippen molar-refractivity contribution < 1.29 is 23.1 Å². The monoisotopic (exact) mass is 281 g/mol. The molecule has 112 valence electrons. The number of aliphatic hydroxyl groups excluding tert-OH is 1. The molecule has 0 heterocycles. The van der Waals surface area contributed by atoms with Gasteiger partial charge in [0.1, 0.15) is 5.78 Å². The number of aliphatic hydroxyl groups is 1. The summed E-state index contributed by atoms with van der Waals surface area (Å²) in [6.07, 6.45) is -1.33. The fourth-order valence-corrected chi connectivity index (χ4v) is 2.69. The van der Waals surface area contributed by atoms with Gasteiger partial charge in [-0.1, -0.05) is 13.3 Å². The van der Waals surface area contributed by atoms with Crippen molar-refractivity contribution >= 4 is 5.78 Å². The lowest BCUT2D eigenvalue weighted by molar-refractivity contribution is -0.150. The van der Waals surface area contributed by atoms with E-state index in [0.29, 0.717) is 18.8 Å². The zero-order chi connectivity index (χ0) is 14.5. The molecule has 0 amide bonds. The number of carbonyl (C=O) groups is 1. The fourth-order valence-electron chi connectivity index (χ4n) is 2.69. The summed E-state index contributed by atoms with van der Waals surface area (Å²) in [6, 6.07) is 0. The molecular formula is C13H22F3NO2. The van der Waals surface area contributed by atoms with Gasteiger partial charge in [0.2, 0.25) is 0 Å². The molecule has 3 nitrogen and oxygen atoms in total. The Morgan fingerprint density at radius 2 is 2.11 bits per heavy atom. The van der Waals surface area contributed by atoms with Crippen molar-refractivity contribution in [2.24, 2.45) is 11.8 Å². The lowest BCUT2D eigenvalue weighted by atomic mass is 9.79. The average Bonchev–Trinajstić information content (AvgIpc) is 2.30. The van der Waals surface area contributed by atoms with E-state index in [1.165, 1.54) is 0 Å². The minimum atomic E-state index is -4.29. The molecule has 1 aliphatic rings. The van der Waals surface area contributed by atoms with Gasteiger partial charge in [-0.05, 0) is 18.8 Å². The number of Topliss-reactive ketones (excluding diaryl/α,β-unsaturated/α-hetero) is 1. The molecule has 1 rings (SSSR count). The van der Waals surface area contributed by atoms with E-state index in [1.54, 1.807) is 0 Å². The zero-order valence-corrected chi connectivity index (χ0v) is 11.2. The second-order valence-corrected chi connectivity index (χ2v) is 5.29. The Morgan fingerprint density at radius 1 is 1.42 bits per heavy atom. The normalized spacial score (nSPS) is 25.1. The molecule has 2 unspecified atom stereocenters. The van der Waals surface area contributed by atoms with Crippen molar-refractivity contribution in [2.75, 3.05) is 26.2 Å². The first kappa shape index (κ1) is 16.4. The zero-order valence-electron chi connectivity index (χ0n) is 11.2. The van der Waals surface area contributed by atoms with E-state index in [2.05, 4.69) is 0 Å². The van der Waals surface area contributed by atoms with Crippen LogP contribution in [-0.4, -0.2) is 48.2 Å². The van der Waals surface area contributed by atoms with Crippen LogP contribution in [0.25, 0.3) is 0 Å². The predicted molar refractivity (Wildman–Crippen MR) is 65.7 cm³/mol. The van der Waals surface area contributed by atoms with Crippen molar-refractivity contribution in [2.45, 2.75) is 38.8 Å². The van der Waals surface area contributed by atoms with Gasteiger partial charge < -0.3 is 5.11 Å². The first-order valence-electron chi connectivity index (χ1n) is 6.78. The lowest BCUT2D eigenvalue weighted by Gasteiger charge is -2.32. The van der Waals surface area contributed by atoms with Crippen LogP contribution in [0.3, 0.4) is 0 Å². The maximum absolute atomic E-state index is 12.4. The minimum Gasteiger partial charge on any atom is -0.395 e. The van der Waals surface area contributed by atoms with Gasteiger partial charge in [0.05, 0.1) is 13.2 Å². The largest absolute Gasteiger partial charge is 0.401 e. The van der Waals surface area contributed by atoms with E-state index in [4.69, 9.17) is 5.11 Å². The van der Waals surface area contributed by atoms with Crippen LogP contribution in [0, 0.1) is 11.8 Å². The van der Waals surface area contributed by atoms with Crippen LogP contribution in [0.15, 0.2) is 0 Å². The summed E-state index contributed by atoms with van der Waals surface area (Å²) >= 11 is 0. The number of halogens is 3. The molecule has 0 aromatic carbocycles. The summed E-state index contributed by atoms with van der Waals surface area (Å²) in [5.74, 6) is 0.187. The van der Waals surface area contributed by atoms with Gasteiger partial charge in [-0.2, -0.15) is 13.2 Å². The Labute approximate surface area is 111 Å². The van der Waals surface area contributed by atoms with Crippen LogP contribution in [0.1, 0.15) is 32.6 Å². The van der Waals surface area contributed by atoms with Crippen molar-refractivity contribution in [1.82, 2.24) is 4.90 Å². The molecule has 1 fully saturated rings. The molecule has 0 spiro atoms. The molecule has 0 aliphatic heterocycles. The van der Waals surface area contributed by atoms with Crippen LogP contribution in [0.5, 0.6) is 0 Å². The molecule has 6 heteroatoms. The smallest absolute Gasteiger partial charge is 0.395 e. The number of ketones is 1. The first-order valence-corrected chi connectivity index (χ1v) is 6.78. The molecule has 0 aromatic heterocycles. The predicted octanol–water partition coefficient (Wildman–Crippen LogP) is 2.24. The maximum atomic E-state index is 12.4. The molecule has 1 N–H and O–H groups in total. The Bertz CT molecular complexity index is 294. The lowest BCUT2D eigenvalue weighted by Crippen LogP contribution is -2.42. The molecule has 1 aliphatic carbocycles. The Hall–Kier alpha value is -0.620. The third kappa shape index (κ3) is 5.91. The summed E-state index contributed by atoms with van der Waals surface area (Å²) in [4.78, 5) is 12.9. The van der Waals surface area contributed by atoms with Gasteiger partial charge in [0.15, 0.2) is 0 Å². The molecule has 2 atom stereocenters. The summed E-state index contributed by atoms with van der Waals surface area (Å²) in [5, 5.41) is 8.83. The Balaban J connectivity index is 2.58. The van der Waals surface area contributed by atoms with Gasteiger partial charge in [0, 0.05) is 25.4 Å². The molecule has 19 heavy (non-hydrogen) atoms. The highest BCUT2D eigenvalue weighted by molar-refractivity contribution is 5.81. The van der Waals surface area contributed by atoms with Crippen LogP contribution in [-0.2, 0) is 4.79 Å². The van der Waals surface area contributed by atoms with Gasteiger partial charge in [-0.25, -0.2) is 0 Å². The summed E-state index contributed by atoms with van der Waals surface area (Å²) in [7, 11) is 0. The number of carbonyl (C=O) groups excluding carboxylic acids is 1. The highest BCUT2D eigenvalue weighted by atomic mass is 19.4. The minimum absolute atomic E-state index is 0.0416. The van der Waals surface area contributed by atoms with Gasteiger partial charge in [0.25, 0.3) is 0 Å². The number of rotatable bonds is 6. The van der Waals surface area contributed by atoms with Crippen molar-refractivity contribution in [3.05, 3.63) is 0 Å². The fraction of sp³-hybridized carbons (Fsp3) is 0.923. The van der Waals surface area contributed by atoms with Crippen LogP contribution < -0.4 is 0 Å². The molecule has 0 aromatic rings. The van der Waals surface area contributed by atoms with Gasteiger partial charge >= 0.3 is 6.18 Å². The molecular weight excluding hydrogens is 259 g/mol. The number of hydrogen-bond donors (Lipinski definition) is 1. The number of hydrogen-bond acceptors (Lipinski definition) is 3.